The number of hydrogen-bond donors (Lipinski definition) is 2. The summed E-state index contributed by atoms with van der Waals surface area (Å²) in [5.74, 6) is -1.11. The van der Waals surface area contributed by atoms with Gasteiger partial charge in [-0.25, -0.2) is 4.39 Å². The number of rotatable bonds is 3. The van der Waals surface area contributed by atoms with Crippen LogP contribution in [0.15, 0.2) is 42.5 Å². The first-order valence-corrected chi connectivity index (χ1v) is 11.1. The van der Waals surface area contributed by atoms with Gasteiger partial charge in [-0.3, -0.25) is 14.9 Å². The molecule has 0 unspecified atom stereocenters. The molecule has 0 radical (unpaired) electrons. The topological polar surface area (TPSA) is 64.7 Å². The van der Waals surface area contributed by atoms with Gasteiger partial charge in [-0.2, -0.15) is 0 Å². The highest BCUT2D eigenvalue weighted by atomic mass is 35.5. The van der Waals surface area contributed by atoms with Crippen molar-refractivity contribution < 1.29 is 14.0 Å². The molecule has 6 nitrogen and oxygen atoms in total. The third-order valence-corrected chi connectivity index (χ3v) is 5.61. The average molecular weight is 477 g/mol. The largest absolute Gasteiger partial charge is 0.367 e. The Morgan fingerprint density at radius 2 is 1.72 bits per heavy atom. The molecule has 2 aromatic rings. The Hall–Kier alpha value is -2.71. The van der Waals surface area contributed by atoms with E-state index in [0.29, 0.717) is 36.9 Å². The second-order valence-corrected chi connectivity index (χ2v) is 9.40. The first-order valence-electron chi connectivity index (χ1n) is 10.3. The lowest BCUT2D eigenvalue weighted by Crippen LogP contribution is -2.51. The number of amides is 2. The van der Waals surface area contributed by atoms with Gasteiger partial charge in [-0.05, 0) is 42.5 Å². The highest BCUT2D eigenvalue weighted by Gasteiger charge is 2.30. The Morgan fingerprint density at radius 1 is 1.06 bits per heavy atom. The lowest BCUT2D eigenvalue weighted by Gasteiger charge is -2.39. The lowest BCUT2D eigenvalue weighted by atomic mass is 9.94. The third-order valence-electron chi connectivity index (χ3n) is 5.10. The molecule has 0 aromatic heterocycles. The van der Waals surface area contributed by atoms with Gasteiger partial charge in [0.05, 0.1) is 16.3 Å². The van der Waals surface area contributed by atoms with E-state index in [1.54, 1.807) is 18.2 Å². The van der Waals surface area contributed by atoms with Crippen LogP contribution in [0.1, 0.15) is 31.1 Å². The minimum Gasteiger partial charge on any atom is -0.367 e. The van der Waals surface area contributed by atoms with Gasteiger partial charge in [0, 0.05) is 37.3 Å². The fourth-order valence-electron chi connectivity index (χ4n) is 3.44. The van der Waals surface area contributed by atoms with Gasteiger partial charge in [0.2, 0.25) is 5.91 Å². The summed E-state index contributed by atoms with van der Waals surface area (Å²) in [6, 6.07) is 11.1. The minimum atomic E-state index is -0.633. The molecular formula is C23H26ClFN4O2S. The maximum atomic E-state index is 13.7. The van der Waals surface area contributed by atoms with Crippen LogP contribution in [-0.2, 0) is 4.79 Å². The molecule has 1 aliphatic rings. The van der Waals surface area contributed by atoms with Crippen LogP contribution in [0.3, 0.4) is 0 Å². The number of hydrogen-bond acceptors (Lipinski definition) is 4. The van der Waals surface area contributed by atoms with Crippen LogP contribution in [-0.4, -0.2) is 48.0 Å². The molecule has 3 rings (SSSR count). The number of carbonyl (C=O) groups excluding carboxylic acids is 2. The van der Waals surface area contributed by atoms with Crippen LogP contribution in [0.4, 0.5) is 15.8 Å². The summed E-state index contributed by atoms with van der Waals surface area (Å²) < 4.78 is 13.7. The predicted octanol–water partition coefficient (Wildman–Crippen LogP) is 4.30. The van der Waals surface area contributed by atoms with E-state index >= 15 is 0 Å². The number of benzene rings is 2. The quantitative estimate of drug-likeness (QED) is 0.646. The van der Waals surface area contributed by atoms with Crippen LogP contribution >= 0.6 is 23.8 Å². The van der Waals surface area contributed by atoms with Gasteiger partial charge < -0.3 is 15.1 Å². The van der Waals surface area contributed by atoms with Crippen LogP contribution < -0.4 is 15.5 Å². The van der Waals surface area contributed by atoms with E-state index in [2.05, 4.69) is 15.5 Å². The smallest absolute Gasteiger partial charge is 0.260 e. The van der Waals surface area contributed by atoms with Crippen molar-refractivity contribution in [1.82, 2.24) is 10.2 Å². The van der Waals surface area contributed by atoms with E-state index in [0.717, 1.165) is 5.69 Å². The number of halogens is 2. The Balaban J connectivity index is 1.58. The van der Waals surface area contributed by atoms with Crippen molar-refractivity contribution in [2.24, 2.45) is 5.41 Å². The van der Waals surface area contributed by atoms with E-state index in [1.165, 1.54) is 18.2 Å². The Labute approximate surface area is 197 Å². The van der Waals surface area contributed by atoms with Crippen LogP contribution in [0.2, 0.25) is 5.02 Å². The standard InChI is InChI=1S/C23H26ClFN4O2S/c1-23(2,3)21(31)29-12-10-28(11-13-29)19-9-8-15(14-17(19)24)26-22(32)27-20(30)16-6-4-5-7-18(16)25/h4-9,14H,10-13H2,1-3H3,(H2,26,27,30,32). The van der Waals surface area contributed by atoms with Gasteiger partial charge in [0.25, 0.3) is 5.91 Å². The molecule has 1 aliphatic heterocycles. The molecule has 2 amide bonds. The van der Waals surface area contributed by atoms with Gasteiger partial charge in [-0.1, -0.05) is 44.5 Å². The number of thiocarbonyl (C=S) groups is 1. The summed E-state index contributed by atoms with van der Waals surface area (Å²) in [6.07, 6.45) is 0. The third kappa shape index (κ3) is 5.75. The maximum Gasteiger partial charge on any atom is 0.260 e. The second-order valence-electron chi connectivity index (χ2n) is 8.58. The molecule has 1 saturated heterocycles. The maximum absolute atomic E-state index is 13.7. The van der Waals surface area contributed by atoms with E-state index in [-0.39, 0.29) is 16.6 Å². The summed E-state index contributed by atoms with van der Waals surface area (Å²) in [4.78, 5) is 28.7. The highest BCUT2D eigenvalue weighted by molar-refractivity contribution is 7.80. The molecule has 2 N–H and O–H groups in total. The van der Waals surface area contributed by atoms with E-state index in [4.69, 9.17) is 23.8 Å². The number of nitrogens with zero attached hydrogens (tertiary/aromatic N) is 2. The fourth-order valence-corrected chi connectivity index (χ4v) is 3.95. The second kappa shape index (κ2) is 9.83. The van der Waals surface area contributed by atoms with Gasteiger partial charge in [0.15, 0.2) is 5.11 Å². The number of anilines is 2. The van der Waals surface area contributed by atoms with Crippen LogP contribution in [0.25, 0.3) is 0 Å². The minimum absolute atomic E-state index is 0.0383. The van der Waals surface area contributed by atoms with Crippen molar-refractivity contribution in [2.45, 2.75) is 20.8 Å². The molecule has 1 fully saturated rings. The first-order chi connectivity index (χ1) is 15.1. The summed E-state index contributed by atoms with van der Waals surface area (Å²) in [7, 11) is 0. The molecule has 0 spiro atoms. The van der Waals surface area contributed by atoms with Crippen molar-refractivity contribution in [3.63, 3.8) is 0 Å². The Kier molecular flexibility index (Phi) is 7.36. The summed E-state index contributed by atoms with van der Waals surface area (Å²) in [6.45, 7) is 8.42. The molecule has 1 heterocycles. The zero-order chi connectivity index (χ0) is 23.5. The van der Waals surface area contributed by atoms with Gasteiger partial charge in [0.1, 0.15) is 5.82 Å². The molecule has 0 bridgehead atoms. The number of nitrogens with one attached hydrogen (secondary N) is 2. The molecule has 32 heavy (non-hydrogen) atoms. The molecule has 0 atom stereocenters. The Morgan fingerprint density at radius 3 is 2.31 bits per heavy atom. The van der Waals surface area contributed by atoms with Crippen LogP contribution in [0, 0.1) is 11.2 Å². The van der Waals surface area contributed by atoms with Gasteiger partial charge >= 0.3 is 0 Å². The summed E-state index contributed by atoms with van der Waals surface area (Å²) in [5, 5.41) is 5.91. The van der Waals surface area contributed by atoms with Crippen molar-refractivity contribution in [3.8, 4) is 0 Å². The monoisotopic (exact) mass is 476 g/mol. The SMILES string of the molecule is CC(C)(C)C(=O)N1CCN(c2ccc(NC(=S)NC(=O)c3ccccc3F)cc2Cl)CC1. The van der Waals surface area contributed by atoms with Crippen molar-refractivity contribution >= 4 is 52.1 Å². The normalized spacial score (nSPS) is 14.2. The number of carbonyl (C=O) groups is 2. The molecular weight excluding hydrogens is 451 g/mol. The van der Waals surface area contributed by atoms with Crippen LogP contribution in [0.5, 0.6) is 0 Å². The molecule has 0 aliphatic carbocycles. The van der Waals surface area contributed by atoms with Crippen molar-refractivity contribution in [2.75, 3.05) is 36.4 Å². The fraction of sp³-hybridized carbons (Fsp3) is 0.348. The summed E-state index contributed by atoms with van der Waals surface area (Å²) >= 11 is 11.7. The van der Waals surface area contributed by atoms with E-state index < -0.39 is 17.1 Å². The first kappa shape index (κ1) is 23.9. The van der Waals surface area contributed by atoms with Crippen molar-refractivity contribution in [1.29, 1.82) is 0 Å². The zero-order valence-corrected chi connectivity index (χ0v) is 19.8. The lowest BCUT2D eigenvalue weighted by molar-refractivity contribution is -0.139. The van der Waals surface area contributed by atoms with E-state index in [1.807, 2.05) is 31.7 Å². The zero-order valence-electron chi connectivity index (χ0n) is 18.2. The van der Waals surface area contributed by atoms with E-state index in [9.17, 15) is 14.0 Å². The van der Waals surface area contributed by atoms with Crippen molar-refractivity contribution in [3.05, 3.63) is 58.9 Å². The van der Waals surface area contributed by atoms with Gasteiger partial charge in [-0.15, -0.1) is 0 Å². The molecule has 2 aromatic carbocycles. The summed E-state index contributed by atoms with van der Waals surface area (Å²) in [5.41, 5.74) is 0.974. The number of piperazine rings is 1. The highest BCUT2D eigenvalue weighted by Crippen LogP contribution is 2.30. The average Bonchev–Trinajstić information content (AvgIpc) is 2.73. The molecule has 0 saturated carbocycles. The Bertz CT molecular complexity index is 1030. The molecule has 9 heteroatoms. The predicted molar refractivity (Wildman–Crippen MR) is 130 cm³/mol. The molecule has 170 valence electrons.